The van der Waals surface area contributed by atoms with E-state index in [1.165, 1.54) is 37.2 Å². The van der Waals surface area contributed by atoms with Crippen molar-refractivity contribution >= 4 is 11.8 Å². The predicted molar refractivity (Wildman–Crippen MR) is 68.3 cm³/mol. The molecule has 0 aromatic carbocycles. The van der Waals surface area contributed by atoms with Crippen LogP contribution in [0.1, 0.15) is 32.6 Å². The maximum Gasteiger partial charge on any atom is 0.0357 e. The molecular formula is C12H24N2S. The molecule has 1 saturated carbocycles. The second-order valence-electron chi connectivity index (χ2n) is 5.06. The van der Waals surface area contributed by atoms with Crippen molar-refractivity contribution in [2.45, 2.75) is 44.2 Å². The Morgan fingerprint density at radius 2 is 2.13 bits per heavy atom. The third kappa shape index (κ3) is 2.06. The summed E-state index contributed by atoms with van der Waals surface area (Å²) in [7, 11) is 2.31. The van der Waals surface area contributed by atoms with Crippen molar-refractivity contribution in [1.82, 2.24) is 4.90 Å². The van der Waals surface area contributed by atoms with Crippen LogP contribution in [0.3, 0.4) is 0 Å². The van der Waals surface area contributed by atoms with E-state index >= 15 is 0 Å². The van der Waals surface area contributed by atoms with Crippen LogP contribution in [-0.2, 0) is 0 Å². The molecule has 0 spiro atoms. The molecule has 0 aromatic heterocycles. The smallest absolute Gasteiger partial charge is 0.0357 e. The summed E-state index contributed by atoms with van der Waals surface area (Å²) in [5, 5.41) is 0. The quantitative estimate of drug-likeness (QED) is 0.780. The van der Waals surface area contributed by atoms with Gasteiger partial charge < -0.3 is 5.73 Å². The predicted octanol–water partition coefficient (Wildman–Crippen LogP) is 1.94. The number of thioether (sulfide) groups is 1. The molecule has 0 bridgehead atoms. The average molecular weight is 228 g/mol. The number of hydrogen-bond acceptors (Lipinski definition) is 3. The van der Waals surface area contributed by atoms with Crippen molar-refractivity contribution in [1.29, 1.82) is 0 Å². The van der Waals surface area contributed by atoms with Gasteiger partial charge in [0.2, 0.25) is 0 Å². The van der Waals surface area contributed by atoms with Crippen LogP contribution < -0.4 is 5.73 Å². The lowest BCUT2D eigenvalue weighted by Crippen LogP contribution is -2.57. The second kappa shape index (κ2) is 4.64. The van der Waals surface area contributed by atoms with Gasteiger partial charge in [-0.2, -0.15) is 11.8 Å². The van der Waals surface area contributed by atoms with E-state index in [0.29, 0.717) is 5.54 Å². The van der Waals surface area contributed by atoms with E-state index in [2.05, 4.69) is 30.6 Å². The molecule has 2 unspecified atom stereocenters. The highest BCUT2D eigenvalue weighted by Crippen LogP contribution is 2.45. The SMILES string of the molecule is CCC(CN)(C1CC1)N(C)C1CCSC1. The lowest BCUT2D eigenvalue weighted by molar-refractivity contribution is 0.0628. The summed E-state index contributed by atoms with van der Waals surface area (Å²) in [5.41, 5.74) is 6.39. The van der Waals surface area contributed by atoms with Crippen molar-refractivity contribution in [2.24, 2.45) is 11.7 Å². The van der Waals surface area contributed by atoms with E-state index in [0.717, 1.165) is 18.5 Å². The first-order chi connectivity index (χ1) is 7.24. The molecule has 3 heteroatoms. The fourth-order valence-corrected chi connectivity index (χ4v) is 4.36. The maximum atomic E-state index is 6.08. The van der Waals surface area contributed by atoms with E-state index in [9.17, 15) is 0 Å². The molecule has 2 aliphatic rings. The molecule has 0 aromatic rings. The molecule has 2 N–H and O–H groups in total. The minimum atomic E-state index is 0.315. The van der Waals surface area contributed by atoms with Crippen molar-refractivity contribution < 1.29 is 0 Å². The first-order valence-electron chi connectivity index (χ1n) is 6.25. The van der Waals surface area contributed by atoms with Gasteiger partial charge in [-0.3, -0.25) is 4.90 Å². The highest BCUT2D eigenvalue weighted by Gasteiger charge is 2.47. The summed E-state index contributed by atoms with van der Waals surface area (Å²) in [5.74, 6) is 3.53. The summed E-state index contributed by atoms with van der Waals surface area (Å²) in [4.78, 5) is 2.63. The molecule has 15 heavy (non-hydrogen) atoms. The Morgan fingerprint density at radius 1 is 1.40 bits per heavy atom. The number of rotatable bonds is 5. The minimum Gasteiger partial charge on any atom is -0.329 e. The highest BCUT2D eigenvalue weighted by molar-refractivity contribution is 7.99. The van der Waals surface area contributed by atoms with Gasteiger partial charge in [0.05, 0.1) is 0 Å². The third-order valence-electron chi connectivity index (χ3n) is 4.46. The monoisotopic (exact) mass is 228 g/mol. The number of likely N-dealkylation sites (N-methyl/N-ethyl adjacent to an activating group) is 1. The van der Waals surface area contributed by atoms with Gasteiger partial charge in [0, 0.05) is 23.9 Å². The number of hydrogen-bond donors (Lipinski definition) is 1. The molecule has 0 amide bonds. The van der Waals surface area contributed by atoms with Crippen LogP contribution in [0.25, 0.3) is 0 Å². The van der Waals surface area contributed by atoms with E-state index in [4.69, 9.17) is 5.73 Å². The van der Waals surface area contributed by atoms with Crippen LogP contribution in [0.15, 0.2) is 0 Å². The molecule has 2 nitrogen and oxygen atoms in total. The topological polar surface area (TPSA) is 29.3 Å². The molecule has 0 radical (unpaired) electrons. The van der Waals surface area contributed by atoms with E-state index in [1.807, 2.05) is 0 Å². The van der Waals surface area contributed by atoms with Crippen molar-refractivity contribution in [3.05, 3.63) is 0 Å². The Kier molecular flexibility index (Phi) is 3.63. The Bertz CT molecular complexity index is 206. The van der Waals surface area contributed by atoms with Crippen molar-refractivity contribution in [3.63, 3.8) is 0 Å². The Labute approximate surface area is 98.0 Å². The molecule has 2 atom stereocenters. The highest BCUT2D eigenvalue weighted by atomic mass is 32.2. The largest absolute Gasteiger partial charge is 0.329 e. The molecule has 1 heterocycles. The second-order valence-corrected chi connectivity index (χ2v) is 6.21. The van der Waals surface area contributed by atoms with Crippen molar-refractivity contribution in [2.75, 3.05) is 25.1 Å². The Morgan fingerprint density at radius 3 is 2.53 bits per heavy atom. The first-order valence-corrected chi connectivity index (χ1v) is 7.41. The van der Waals surface area contributed by atoms with Gasteiger partial charge in [0.15, 0.2) is 0 Å². The molecule has 88 valence electrons. The van der Waals surface area contributed by atoms with Crippen LogP contribution in [0.2, 0.25) is 0 Å². The third-order valence-corrected chi connectivity index (χ3v) is 5.60. The van der Waals surface area contributed by atoms with E-state index < -0.39 is 0 Å². The van der Waals surface area contributed by atoms with E-state index in [-0.39, 0.29) is 0 Å². The summed E-state index contributed by atoms with van der Waals surface area (Å²) in [6.07, 6.45) is 5.37. The van der Waals surface area contributed by atoms with Gasteiger partial charge >= 0.3 is 0 Å². The fraction of sp³-hybridized carbons (Fsp3) is 1.00. The van der Waals surface area contributed by atoms with Gasteiger partial charge in [-0.05, 0) is 44.4 Å². The average Bonchev–Trinajstić information content (AvgIpc) is 2.97. The van der Waals surface area contributed by atoms with Gasteiger partial charge in [-0.25, -0.2) is 0 Å². The van der Waals surface area contributed by atoms with Crippen LogP contribution in [0, 0.1) is 5.92 Å². The fourth-order valence-electron chi connectivity index (χ4n) is 3.09. The Balaban J connectivity index is 2.08. The van der Waals surface area contributed by atoms with Gasteiger partial charge in [0.1, 0.15) is 0 Å². The summed E-state index contributed by atoms with van der Waals surface area (Å²) < 4.78 is 0. The summed E-state index contributed by atoms with van der Waals surface area (Å²) >= 11 is 2.10. The van der Waals surface area contributed by atoms with E-state index in [1.54, 1.807) is 0 Å². The molecular weight excluding hydrogens is 204 g/mol. The van der Waals surface area contributed by atoms with Gasteiger partial charge in [-0.1, -0.05) is 6.92 Å². The van der Waals surface area contributed by atoms with Crippen LogP contribution in [0.5, 0.6) is 0 Å². The molecule has 2 fully saturated rings. The molecule has 2 rings (SSSR count). The van der Waals surface area contributed by atoms with Crippen molar-refractivity contribution in [3.8, 4) is 0 Å². The maximum absolute atomic E-state index is 6.08. The Hall–Kier alpha value is 0.270. The lowest BCUT2D eigenvalue weighted by atomic mass is 9.87. The number of nitrogens with two attached hydrogens (primary N) is 1. The minimum absolute atomic E-state index is 0.315. The lowest BCUT2D eigenvalue weighted by Gasteiger charge is -2.44. The number of nitrogens with zero attached hydrogens (tertiary/aromatic N) is 1. The van der Waals surface area contributed by atoms with Gasteiger partial charge in [0.25, 0.3) is 0 Å². The zero-order chi connectivity index (χ0) is 10.9. The first kappa shape index (κ1) is 11.7. The standard InChI is InChI=1S/C12H24N2S/c1-3-12(9-13,10-4-5-10)14(2)11-6-7-15-8-11/h10-11H,3-9,13H2,1-2H3. The van der Waals surface area contributed by atoms with Gasteiger partial charge in [-0.15, -0.1) is 0 Å². The normalized spacial score (nSPS) is 30.8. The summed E-state index contributed by atoms with van der Waals surface area (Å²) in [6, 6.07) is 0.777. The van der Waals surface area contributed by atoms with Crippen LogP contribution >= 0.6 is 11.8 Å². The van der Waals surface area contributed by atoms with Crippen LogP contribution in [0.4, 0.5) is 0 Å². The summed E-state index contributed by atoms with van der Waals surface area (Å²) in [6.45, 7) is 3.15. The zero-order valence-electron chi connectivity index (χ0n) is 10.0. The van der Waals surface area contributed by atoms with Crippen LogP contribution in [-0.4, -0.2) is 41.6 Å². The molecule has 1 saturated heterocycles. The zero-order valence-corrected chi connectivity index (χ0v) is 10.9. The molecule has 1 aliphatic heterocycles. The molecule has 1 aliphatic carbocycles.